The van der Waals surface area contributed by atoms with Crippen molar-refractivity contribution < 1.29 is 19.4 Å². The van der Waals surface area contributed by atoms with E-state index < -0.39 is 12.0 Å². The number of rotatable bonds is 9. The summed E-state index contributed by atoms with van der Waals surface area (Å²) in [6, 6.07) is 10.9. The van der Waals surface area contributed by atoms with Crippen molar-refractivity contribution in [2.24, 2.45) is 0 Å². The van der Waals surface area contributed by atoms with Crippen LogP contribution < -0.4 is 14.8 Å². The number of hydrogen-bond donors (Lipinski definition) is 3. The van der Waals surface area contributed by atoms with Gasteiger partial charge in [-0.25, -0.2) is 0 Å². The van der Waals surface area contributed by atoms with Crippen LogP contribution in [0, 0.1) is 0 Å². The maximum atomic E-state index is 11.8. The zero-order valence-electron chi connectivity index (χ0n) is 15.8. The third-order valence-electron chi connectivity index (χ3n) is 4.54. The molecule has 0 amide bonds. The number of carboxylic acid groups (broad SMARTS) is 1. The molecule has 7 heteroatoms. The van der Waals surface area contributed by atoms with Crippen LogP contribution in [-0.2, 0) is 17.8 Å². The first-order chi connectivity index (χ1) is 13.5. The number of nitrogens with one attached hydrogen (secondary N) is 2. The van der Waals surface area contributed by atoms with Crippen LogP contribution in [0.15, 0.2) is 47.1 Å². The molecule has 0 aliphatic rings. The SMILES string of the molecule is CCOc1c(CN[C@H](Cc2c[nH]c3ccccc23)C(=O)O)cc(Br)cc1OC. The van der Waals surface area contributed by atoms with Crippen molar-refractivity contribution in [3.8, 4) is 11.5 Å². The number of hydrogen-bond acceptors (Lipinski definition) is 4. The Balaban J connectivity index is 1.81. The van der Waals surface area contributed by atoms with E-state index in [1.165, 1.54) is 0 Å². The standard InChI is InChI=1S/C21H23BrN2O4/c1-3-28-20-14(8-15(22)10-19(20)27-2)12-24-18(21(25)26)9-13-11-23-17-7-5-4-6-16(13)17/h4-8,10-11,18,23-24H,3,9,12H2,1-2H3,(H,25,26)/t18-/m1/s1. The maximum absolute atomic E-state index is 11.8. The Kier molecular flexibility index (Phi) is 6.59. The van der Waals surface area contributed by atoms with Gasteiger partial charge in [-0.05, 0) is 30.7 Å². The van der Waals surface area contributed by atoms with E-state index in [2.05, 4.69) is 26.2 Å². The van der Waals surface area contributed by atoms with E-state index in [0.717, 1.165) is 26.5 Å². The summed E-state index contributed by atoms with van der Waals surface area (Å²) in [4.78, 5) is 15.0. The van der Waals surface area contributed by atoms with E-state index in [9.17, 15) is 9.90 Å². The Morgan fingerprint density at radius 1 is 1.29 bits per heavy atom. The van der Waals surface area contributed by atoms with Gasteiger partial charge in [0.1, 0.15) is 6.04 Å². The zero-order valence-corrected chi connectivity index (χ0v) is 17.4. The monoisotopic (exact) mass is 446 g/mol. The molecule has 0 aliphatic heterocycles. The molecule has 3 rings (SSSR count). The van der Waals surface area contributed by atoms with E-state index in [-0.39, 0.29) is 0 Å². The first kappa shape index (κ1) is 20.2. The lowest BCUT2D eigenvalue weighted by molar-refractivity contribution is -0.139. The normalized spacial score (nSPS) is 12.1. The van der Waals surface area contributed by atoms with Gasteiger partial charge in [-0.1, -0.05) is 34.1 Å². The first-order valence-electron chi connectivity index (χ1n) is 9.03. The van der Waals surface area contributed by atoms with Crippen LogP contribution >= 0.6 is 15.9 Å². The highest BCUT2D eigenvalue weighted by Crippen LogP contribution is 2.35. The summed E-state index contributed by atoms with van der Waals surface area (Å²) < 4.78 is 12.0. The molecule has 1 aromatic heterocycles. The molecule has 28 heavy (non-hydrogen) atoms. The molecule has 0 bridgehead atoms. The van der Waals surface area contributed by atoms with Gasteiger partial charge in [0.25, 0.3) is 0 Å². The first-order valence-corrected chi connectivity index (χ1v) is 9.83. The van der Waals surface area contributed by atoms with Gasteiger partial charge in [-0.2, -0.15) is 0 Å². The number of carbonyl (C=O) groups is 1. The molecule has 0 saturated carbocycles. The van der Waals surface area contributed by atoms with Crippen LogP contribution in [0.2, 0.25) is 0 Å². The van der Waals surface area contributed by atoms with Gasteiger partial charge in [-0.3, -0.25) is 10.1 Å². The second kappa shape index (κ2) is 9.12. The number of fused-ring (bicyclic) bond motifs is 1. The van der Waals surface area contributed by atoms with Gasteiger partial charge in [0.15, 0.2) is 11.5 Å². The fraction of sp³-hybridized carbons (Fsp3) is 0.286. The number of aromatic nitrogens is 1. The molecule has 0 fully saturated rings. The number of aliphatic carboxylic acids is 1. The molecular formula is C21H23BrN2O4. The van der Waals surface area contributed by atoms with E-state index >= 15 is 0 Å². The minimum Gasteiger partial charge on any atom is -0.493 e. The molecule has 1 heterocycles. The molecule has 0 spiro atoms. The molecule has 6 nitrogen and oxygen atoms in total. The van der Waals surface area contributed by atoms with Crippen LogP contribution in [0.3, 0.4) is 0 Å². The van der Waals surface area contributed by atoms with Gasteiger partial charge in [0, 0.05) is 40.1 Å². The van der Waals surface area contributed by atoms with Crippen molar-refractivity contribution in [1.29, 1.82) is 0 Å². The van der Waals surface area contributed by atoms with Gasteiger partial charge in [0.2, 0.25) is 0 Å². The van der Waals surface area contributed by atoms with Crippen molar-refractivity contribution in [1.82, 2.24) is 10.3 Å². The predicted octanol–water partition coefficient (Wildman–Crippen LogP) is 4.12. The van der Waals surface area contributed by atoms with Crippen LogP contribution in [0.1, 0.15) is 18.1 Å². The minimum absolute atomic E-state index is 0.338. The summed E-state index contributed by atoms with van der Waals surface area (Å²) in [5.74, 6) is 0.332. The predicted molar refractivity (Wildman–Crippen MR) is 112 cm³/mol. The summed E-state index contributed by atoms with van der Waals surface area (Å²) in [6.45, 7) is 2.73. The molecule has 1 atom stereocenters. The Morgan fingerprint density at radius 2 is 2.07 bits per heavy atom. The van der Waals surface area contributed by atoms with Crippen molar-refractivity contribution in [2.75, 3.05) is 13.7 Å². The van der Waals surface area contributed by atoms with Crippen molar-refractivity contribution in [3.05, 3.63) is 58.2 Å². The molecule has 2 aromatic carbocycles. The highest BCUT2D eigenvalue weighted by Gasteiger charge is 2.21. The third-order valence-corrected chi connectivity index (χ3v) is 5.00. The van der Waals surface area contributed by atoms with Crippen molar-refractivity contribution >= 4 is 32.8 Å². The number of benzene rings is 2. The maximum Gasteiger partial charge on any atom is 0.321 e. The third kappa shape index (κ3) is 4.48. The number of H-pyrrole nitrogens is 1. The largest absolute Gasteiger partial charge is 0.493 e. The lowest BCUT2D eigenvalue weighted by atomic mass is 10.0. The average molecular weight is 447 g/mol. The van der Waals surface area contributed by atoms with Crippen LogP contribution in [0.25, 0.3) is 10.9 Å². The number of aromatic amines is 1. The summed E-state index contributed by atoms with van der Waals surface area (Å²) in [5.41, 5.74) is 2.79. The lowest BCUT2D eigenvalue weighted by Crippen LogP contribution is -2.38. The summed E-state index contributed by atoms with van der Waals surface area (Å²) >= 11 is 3.47. The van der Waals surface area contributed by atoms with Crippen molar-refractivity contribution in [3.63, 3.8) is 0 Å². The van der Waals surface area contributed by atoms with Gasteiger partial charge < -0.3 is 19.6 Å². The Labute approximate surface area is 172 Å². The number of ether oxygens (including phenoxy) is 2. The number of carboxylic acids is 1. The quantitative estimate of drug-likeness (QED) is 0.460. The van der Waals surface area contributed by atoms with Crippen LogP contribution in [0.5, 0.6) is 11.5 Å². The molecule has 3 aromatic rings. The van der Waals surface area contributed by atoms with Gasteiger partial charge in [-0.15, -0.1) is 0 Å². The molecule has 3 N–H and O–H groups in total. The zero-order chi connectivity index (χ0) is 20.1. The lowest BCUT2D eigenvalue weighted by Gasteiger charge is -2.18. The molecule has 0 radical (unpaired) electrons. The fourth-order valence-corrected chi connectivity index (χ4v) is 3.70. The minimum atomic E-state index is -0.898. The molecule has 0 aliphatic carbocycles. The Hall–Kier alpha value is -2.51. The Bertz CT molecular complexity index is 970. The van der Waals surface area contributed by atoms with E-state index in [4.69, 9.17) is 9.47 Å². The smallest absolute Gasteiger partial charge is 0.321 e. The second-order valence-corrected chi connectivity index (χ2v) is 7.28. The van der Waals surface area contributed by atoms with Gasteiger partial charge in [0.05, 0.1) is 13.7 Å². The highest BCUT2D eigenvalue weighted by molar-refractivity contribution is 9.10. The van der Waals surface area contributed by atoms with E-state index in [1.54, 1.807) is 7.11 Å². The highest BCUT2D eigenvalue weighted by atomic mass is 79.9. The summed E-state index contributed by atoms with van der Waals surface area (Å²) in [6.07, 6.45) is 2.24. The summed E-state index contributed by atoms with van der Waals surface area (Å²) in [7, 11) is 1.58. The van der Waals surface area contributed by atoms with E-state index in [0.29, 0.717) is 31.1 Å². The number of para-hydroxylation sites is 1. The van der Waals surface area contributed by atoms with Crippen LogP contribution in [0.4, 0.5) is 0 Å². The summed E-state index contributed by atoms with van der Waals surface area (Å²) in [5, 5.41) is 13.9. The molecule has 148 valence electrons. The molecule has 0 unspecified atom stereocenters. The van der Waals surface area contributed by atoms with Crippen LogP contribution in [-0.4, -0.2) is 35.8 Å². The molecular weight excluding hydrogens is 424 g/mol. The average Bonchev–Trinajstić information content (AvgIpc) is 3.09. The second-order valence-electron chi connectivity index (χ2n) is 6.36. The fourth-order valence-electron chi connectivity index (χ4n) is 3.21. The topological polar surface area (TPSA) is 83.6 Å². The molecule has 0 saturated heterocycles. The number of halogens is 1. The van der Waals surface area contributed by atoms with Crippen molar-refractivity contribution in [2.45, 2.75) is 25.9 Å². The Morgan fingerprint density at radius 3 is 2.79 bits per heavy atom. The van der Waals surface area contributed by atoms with E-state index in [1.807, 2.05) is 49.5 Å². The number of methoxy groups -OCH3 is 1. The van der Waals surface area contributed by atoms with Gasteiger partial charge >= 0.3 is 5.97 Å².